The first-order valence-electron chi connectivity index (χ1n) is 7.22. The molecular formula is C17H18N2O4S. The van der Waals surface area contributed by atoms with Gasteiger partial charge in [0, 0.05) is 18.0 Å². The predicted octanol–water partition coefficient (Wildman–Crippen LogP) is 2.82. The average Bonchev–Trinajstić information content (AvgIpc) is 3.02. The Kier molecular flexibility index (Phi) is 5.35. The van der Waals surface area contributed by atoms with Gasteiger partial charge in [0.25, 0.3) is 5.91 Å². The Hall–Kier alpha value is -2.67. The Bertz CT molecular complexity index is 736. The van der Waals surface area contributed by atoms with Crippen molar-refractivity contribution < 1.29 is 19.1 Å². The van der Waals surface area contributed by atoms with Gasteiger partial charge in [-0.05, 0) is 49.6 Å². The van der Waals surface area contributed by atoms with Crippen LogP contribution in [0.4, 0.5) is 5.69 Å². The van der Waals surface area contributed by atoms with Crippen LogP contribution >= 0.6 is 11.3 Å². The third-order valence-electron chi connectivity index (χ3n) is 3.10. The number of rotatable bonds is 5. The summed E-state index contributed by atoms with van der Waals surface area (Å²) in [6, 6.07) is 8.16. The van der Waals surface area contributed by atoms with Gasteiger partial charge >= 0.3 is 5.97 Å². The van der Waals surface area contributed by atoms with E-state index in [0.717, 1.165) is 0 Å². The quantitative estimate of drug-likeness (QED) is 0.644. The van der Waals surface area contributed by atoms with Gasteiger partial charge in [0.05, 0.1) is 5.56 Å². The van der Waals surface area contributed by atoms with Crippen LogP contribution in [0, 0.1) is 0 Å². The van der Waals surface area contributed by atoms with Gasteiger partial charge in [-0.2, -0.15) is 11.3 Å². The molecule has 1 aromatic heterocycles. The molecular weight excluding hydrogens is 328 g/mol. The lowest BCUT2D eigenvalue weighted by Crippen LogP contribution is -2.50. The third-order valence-corrected chi connectivity index (χ3v) is 3.79. The molecule has 0 unspecified atom stereocenters. The molecule has 1 aromatic carbocycles. The molecule has 2 rings (SSSR count). The monoisotopic (exact) mass is 346 g/mol. The maximum absolute atomic E-state index is 12.1. The normalized spacial score (nSPS) is 10.8. The SMILES string of the molecule is CC(=O)NC(C)(C)C(=O)Oc1ccc(NC(=O)c2ccsc2)cc1. The summed E-state index contributed by atoms with van der Waals surface area (Å²) in [5, 5.41) is 8.86. The highest BCUT2D eigenvalue weighted by Gasteiger charge is 2.30. The standard InChI is InChI=1S/C17H18N2O4S/c1-11(20)19-17(2,3)16(22)23-14-6-4-13(5-7-14)18-15(21)12-8-9-24-10-12/h4-10H,1-3H3,(H,18,21)(H,19,20). The van der Waals surface area contributed by atoms with Crippen LogP contribution in [-0.2, 0) is 9.59 Å². The Labute approximate surface area is 143 Å². The molecule has 1 heterocycles. The molecule has 0 aliphatic rings. The van der Waals surface area contributed by atoms with Crippen LogP contribution in [0.1, 0.15) is 31.1 Å². The number of hydrogen-bond donors (Lipinski definition) is 2. The van der Waals surface area contributed by atoms with Gasteiger partial charge < -0.3 is 15.4 Å². The lowest BCUT2D eigenvalue weighted by molar-refractivity contribution is -0.143. The van der Waals surface area contributed by atoms with Crippen molar-refractivity contribution in [1.82, 2.24) is 5.32 Å². The summed E-state index contributed by atoms with van der Waals surface area (Å²) < 4.78 is 5.25. The second-order valence-electron chi connectivity index (χ2n) is 5.69. The first-order valence-corrected chi connectivity index (χ1v) is 8.17. The van der Waals surface area contributed by atoms with Crippen LogP contribution in [0.25, 0.3) is 0 Å². The van der Waals surface area contributed by atoms with Gasteiger partial charge in [0.15, 0.2) is 0 Å². The molecule has 0 spiro atoms. The number of benzene rings is 1. The van der Waals surface area contributed by atoms with E-state index in [0.29, 0.717) is 17.0 Å². The maximum Gasteiger partial charge on any atom is 0.336 e. The van der Waals surface area contributed by atoms with Crippen LogP contribution < -0.4 is 15.4 Å². The maximum atomic E-state index is 12.1. The van der Waals surface area contributed by atoms with E-state index in [-0.39, 0.29) is 11.8 Å². The Morgan fingerprint density at radius 2 is 1.75 bits per heavy atom. The van der Waals surface area contributed by atoms with Gasteiger partial charge in [-0.25, -0.2) is 4.79 Å². The number of amides is 2. The van der Waals surface area contributed by atoms with Gasteiger partial charge in [-0.3, -0.25) is 9.59 Å². The molecule has 2 N–H and O–H groups in total. The number of carbonyl (C=O) groups excluding carboxylic acids is 3. The zero-order valence-electron chi connectivity index (χ0n) is 13.6. The summed E-state index contributed by atoms with van der Waals surface area (Å²) in [6.07, 6.45) is 0. The van der Waals surface area contributed by atoms with E-state index in [4.69, 9.17) is 4.74 Å². The van der Waals surface area contributed by atoms with Gasteiger partial charge in [0.1, 0.15) is 11.3 Å². The molecule has 0 bridgehead atoms. The Balaban J connectivity index is 1.98. The molecule has 0 atom stereocenters. The second-order valence-corrected chi connectivity index (χ2v) is 6.47. The fourth-order valence-electron chi connectivity index (χ4n) is 1.93. The van der Waals surface area contributed by atoms with E-state index in [2.05, 4.69) is 10.6 Å². The van der Waals surface area contributed by atoms with Crippen LogP contribution in [0.5, 0.6) is 5.75 Å². The molecule has 6 nitrogen and oxygen atoms in total. The van der Waals surface area contributed by atoms with E-state index in [1.807, 2.05) is 5.38 Å². The molecule has 2 aromatic rings. The number of thiophene rings is 1. The van der Waals surface area contributed by atoms with Crippen LogP contribution in [0.3, 0.4) is 0 Å². The molecule has 2 amide bonds. The lowest BCUT2D eigenvalue weighted by atomic mass is 10.1. The highest BCUT2D eigenvalue weighted by Crippen LogP contribution is 2.19. The molecule has 0 saturated heterocycles. The number of carbonyl (C=O) groups is 3. The van der Waals surface area contributed by atoms with Crippen molar-refractivity contribution in [2.24, 2.45) is 0 Å². The van der Waals surface area contributed by atoms with Crippen LogP contribution in [0.15, 0.2) is 41.1 Å². The average molecular weight is 346 g/mol. The van der Waals surface area contributed by atoms with E-state index in [1.165, 1.54) is 18.3 Å². The van der Waals surface area contributed by atoms with E-state index in [1.54, 1.807) is 49.6 Å². The second kappa shape index (κ2) is 7.27. The first-order chi connectivity index (χ1) is 11.3. The fraction of sp³-hybridized carbons (Fsp3) is 0.235. The fourth-order valence-corrected chi connectivity index (χ4v) is 2.56. The van der Waals surface area contributed by atoms with Crippen LogP contribution in [-0.4, -0.2) is 23.3 Å². The Morgan fingerprint density at radius 3 is 2.29 bits per heavy atom. The topological polar surface area (TPSA) is 84.5 Å². The summed E-state index contributed by atoms with van der Waals surface area (Å²) in [4.78, 5) is 35.1. The lowest BCUT2D eigenvalue weighted by Gasteiger charge is -2.23. The van der Waals surface area contributed by atoms with Crippen molar-refractivity contribution in [2.45, 2.75) is 26.3 Å². The number of anilines is 1. The summed E-state index contributed by atoms with van der Waals surface area (Å²) >= 11 is 1.45. The van der Waals surface area contributed by atoms with Crippen molar-refractivity contribution >= 4 is 34.8 Å². The van der Waals surface area contributed by atoms with E-state index < -0.39 is 11.5 Å². The summed E-state index contributed by atoms with van der Waals surface area (Å²) in [6.45, 7) is 4.46. The summed E-state index contributed by atoms with van der Waals surface area (Å²) in [7, 11) is 0. The molecule has 0 saturated carbocycles. The molecule has 24 heavy (non-hydrogen) atoms. The largest absolute Gasteiger partial charge is 0.425 e. The van der Waals surface area contributed by atoms with Crippen molar-refractivity contribution in [3.05, 3.63) is 46.7 Å². The minimum Gasteiger partial charge on any atom is -0.425 e. The smallest absolute Gasteiger partial charge is 0.336 e. The number of ether oxygens (including phenoxy) is 1. The third kappa shape index (κ3) is 4.66. The highest BCUT2D eigenvalue weighted by molar-refractivity contribution is 7.08. The van der Waals surface area contributed by atoms with Crippen molar-refractivity contribution in [3.63, 3.8) is 0 Å². The van der Waals surface area contributed by atoms with Crippen LogP contribution in [0.2, 0.25) is 0 Å². The van der Waals surface area contributed by atoms with Gasteiger partial charge in [-0.15, -0.1) is 0 Å². The van der Waals surface area contributed by atoms with Gasteiger partial charge in [0.2, 0.25) is 5.91 Å². The number of nitrogens with one attached hydrogen (secondary N) is 2. The van der Waals surface area contributed by atoms with E-state index >= 15 is 0 Å². The Morgan fingerprint density at radius 1 is 1.08 bits per heavy atom. The number of hydrogen-bond acceptors (Lipinski definition) is 5. The zero-order valence-corrected chi connectivity index (χ0v) is 14.4. The molecule has 0 aliphatic carbocycles. The first kappa shape index (κ1) is 17.7. The molecule has 7 heteroatoms. The number of esters is 1. The molecule has 0 fully saturated rings. The molecule has 126 valence electrons. The van der Waals surface area contributed by atoms with Gasteiger partial charge in [-0.1, -0.05) is 0 Å². The minimum atomic E-state index is -1.13. The van der Waals surface area contributed by atoms with E-state index in [9.17, 15) is 14.4 Å². The molecule has 0 radical (unpaired) electrons. The highest BCUT2D eigenvalue weighted by atomic mass is 32.1. The zero-order chi connectivity index (χ0) is 17.7. The molecule has 0 aliphatic heterocycles. The summed E-state index contributed by atoms with van der Waals surface area (Å²) in [5.74, 6) is -0.768. The van der Waals surface area contributed by atoms with Crippen molar-refractivity contribution in [3.8, 4) is 5.75 Å². The van der Waals surface area contributed by atoms with Crippen molar-refractivity contribution in [1.29, 1.82) is 0 Å². The predicted molar refractivity (Wildman–Crippen MR) is 92.2 cm³/mol. The summed E-state index contributed by atoms with van der Waals surface area (Å²) in [5.41, 5.74) is 0.0529. The van der Waals surface area contributed by atoms with Crippen molar-refractivity contribution in [2.75, 3.05) is 5.32 Å². The minimum absolute atomic E-state index is 0.201.